The van der Waals surface area contributed by atoms with Gasteiger partial charge in [0.2, 0.25) is 0 Å². The number of hydrogen-bond acceptors (Lipinski definition) is 3. The summed E-state index contributed by atoms with van der Waals surface area (Å²) in [6.07, 6.45) is 3.71. The van der Waals surface area contributed by atoms with Gasteiger partial charge in [0.25, 0.3) is 0 Å². The molecule has 0 aliphatic rings. The third kappa shape index (κ3) is 7.11. The molecular weight excluding hydrogens is 741 g/mol. The second-order valence-corrected chi connectivity index (χ2v) is 10.5. The summed E-state index contributed by atoms with van der Waals surface area (Å²) in [5.74, 6) is 0.882. The number of rotatable bonds is 5. The zero-order valence-electron chi connectivity index (χ0n) is 24.8. The van der Waals surface area contributed by atoms with Crippen LogP contribution >= 0.6 is 0 Å². The van der Waals surface area contributed by atoms with Crippen molar-refractivity contribution in [2.24, 2.45) is 0 Å². The Bertz CT molecular complexity index is 2090. The molecular formula is C42H28IrN2O-2. The minimum atomic E-state index is 0. The van der Waals surface area contributed by atoms with Crippen LogP contribution in [-0.4, -0.2) is 9.97 Å². The van der Waals surface area contributed by atoms with Gasteiger partial charge < -0.3 is 14.4 Å². The van der Waals surface area contributed by atoms with Gasteiger partial charge in [-0.3, -0.25) is 0 Å². The van der Waals surface area contributed by atoms with Crippen LogP contribution in [0.25, 0.3) is 67.1 Å². The predicted molar refractivity (Wildman–Crippen MR) is 183 cm³/mol. The van der Waals surface area contributed by atoms with Gasteiger partial charge in [-0.05, 0) is 52.3 Å². The van der Waals surface area contributed by atoms with Crippen molar-refractivity contribution in [2.45, 2.75) is 0 Å². The summed E-state index contributed by atoms with van der Waals surface area (Å²) in [6, 6.07) is 59.4. The molecule has 5 aromatic carbocycles. The van der Waals surface area contributed by atoms with Crippen molar-refractivity contribution < 1.29 is 24.5 Å². The van der Waals surface area contributed by atoms with Gasteiger partial charge in [0.05, 0.1) is 0 Å². The number of pyridine rings is 2. The van der Waals surface area contributed by atoms with E-state index in [1.54, 1.807) is 6.20 Å². The van der Waals surface area contributed by atoms with Gasteiger partial charge in [-0.25, -0.2) is 0 Å². The zero-order valence-corrected chi connectivity index (χ0v) is 27.2. The van der Waals surface area contributed by atoms with E-state index in [4.69, 9.17) is 9.40 Å². The molecule has 0 unspecified atom stereocenters. The molecule has 0 saturated heterocycles. The minimum Gasteiger partial charge on any atom is -0.456 e. The van der Waals surface area contributed by atoms with Crippen LogP contribution < -0.4 is 0 Å². The monoisotopic (exact) mass is 769 g/mol. The summed E-state index contributed by atoms with van der Waals surface area (Å²) in [5, 5.41) is 1.09. The van der Waals surface area contributed by atoms with Crippen molar-refractivity contribution in [3.63, 3.8) is 0 Å². The molecule has 223 valence electrons. The first-order chi connectivity index (χ1) is 22.3. The van der Waals surface area contributed by atoms with E-state index in [9.17, 15) is 0 Å². The van der Waals surface area contributed by atoms with E-state index in [1.165, 1.54) is 0 Å². The van der Waals surface area contributed by atoms with Gasteiger partial charge in [0.1, 0.15) is 11.3 Å². The van der Waals surface area contributed by atoms with Crippen molar-refractivity contribution in [3.8, 4) is 56.1 Å². The molecule has 0 amide bonds. The molecule has 4 heteroatoms. The molecule has 0 N–H and O–H groups in total. The van der Waals surface area contributed by atoms with Crippen LogP contribution in [0.15, 0.2) is 175 Å². The second-order valence-electron chi connectivity index (χ2n) is 10.5. The smallest absolute Gasteiger partial charge is 0.135 e. The molecule has 0 saturated carbocycles. The minimum absolute atomic E-state index is 0. The van der Waals surface area contributed by atoms with Gasteiger partial charge in [-0.15, -0.1) is 71.3 Å². The molecule has 1 radical (unpaired) electrons. The molecule has 8 rings (SSSR count). The first-order valence-electron chi connectivity index (χ1n) is 14.8. The topological polar surface area (TPSA) is 38.9 Å². The zero-order chi connectivity index (χ0) is 30.3. The van der Waals surface area contributed by atoms with Crippen molar-refractivity contribution in [2.75, 3.05) is 0 Å². The van der Waals surface area contributed by atoms with Crippen LogP contribution in [0.3, 0.4) is 0 Å². The summed E-state index contributed by atoms with van der Waals surface area (Å²) in [6.45, 7) is 0. The number of nitrogens with zero attached hydrogens (tertiary/aromatic N) is 2. The van der Waals surface area contributed by atoms with E-state index in [0.717, 1.165) is 67.1 Å². The van der Waals surface area contributed by atoms with Crippen LogP contribution in [0, 0.1) is 12.1 Å². The molecule has 3 aromatic heterocycles. The van der Waals surface area contributed by atoms with Crippen molar-refractivity contribution in [1.82, 2.24) is 9.97 Å². The third-order valence-electron chi connectivity index (χ3n) is 7.51. The third-order valence-corrected chi connectivity index (χ3v) is 7.51. The molecule has 0 atom stereocenters. The van der Waals surface area contributed by atoms with Crippen molar-refractivity contribution >= 4 is 11.0 Å². The summed E-state index contributed by atoms with van der Waals surface area (Å²) in [7, 11) is 0. The number of benzene rings is 5. The summed E-state index contributed by atoms with van der Waals surface area (Å²) >= 11 is 0. The molecule has 0 spiro atoms. The Morgan fingerprint density at radius 3 is 1.87 bits per heavy atom. The summed E-state index contributed by atoms with van der Waals surface area (Å²) in [4.78, 5) is 8.92. The Morgan fingerprint density at radius 2 is 1.15 bits per heavy atom. The molecule has 0 fully saturated rings. The van der Waals surface area contributed by atoms with Gasteiger partial charge >= 0.3 is 0 Å². The molecule has 0 aliphatic heterocycles. The van der Waals surface area contributed by atoms with E-state index < -0.39 is 0 Å². The van der Waals surface area contributed by atoms with E-state index in [-0.39, 0.29) is 20.1 Å². The Kier molecular flexibility index (Phi) is 9.70. The van der Waals surface area contributed by atoms with Gasteiger partial charge in [0, 0.05) is 43.4 Å². The standard InChI is InChI=1S/C31H20NO.C11H8N.Ir/c1-3-8-22(9-4-1)27-14-16-29(32-21-27)26-13-7-12-24(18-26)25-15-17-30-28(19-25)20-31(33-30)23-10-5-2-6-11-23;1-2-6-10(7-3-1)11-8-4-5-9-12-11;/h1-12,14-21H;1-6,8-9H;/q2*-1;. The number of hydrogen-bond donors (Lipinski definition) is 0. The van der Waals surface area contributed by atoms with Gasteiger partial charge in [0.15, 0.2) is 0 Å². The van der Waals surface area contributed by atoms with Gasteiger partial charge in [-0.1, -0.05) is 91.0 Å². The molecule has 46 heavy (non-hydrogen) atoms. The number of fused-ring (bicyclic) bond motifs is 1. The van der Waals surface area contributed by atoms with Crippen LogP contribution in [-0.2, 0) is 20.1 Å². The fourth-order valence-corrected chi connectivity index (χ4v) is 5.19. The van der Waals surface area contributed by atoms with Gasteiger partial charge in [-0.2, -0.15) is 0 Å². The molecule has 0 bridgehead atoms. The number of furan rings is 1. The normalized spacial score (nSPS) is 10.4. The average Bonchev–Trinajstić information content (AvgIpc) is 3.57. The van der Waals surface area contributed by atoms with Crippen molar-refractivity contribution in [1.29, 1.82) is 0 Å². The molecule has 3 heterocycles. The maximum Gasteiger partial charge on any atom is 0.135 e. The summed E-state index contributed by atoms with van der Waals surface area (Å²) in [5.41, 5.74) is 10.4. The van der Waals surface area contributed by atoms with Crippen LogP contribution in [0.5, 0.6) is 0 Å². The van der Waals surface area contributed by atoms with E-state index in [0.29, 0.717) is 0 Å². The Hall–Kier alpha value is -5.41. The van der Waals surface area contributed by atoms with E-state index in [1.807, 2.05) is 97.2 Å². The van der Waals surface area contributed by atoms with Crippen LogP contribution in [0.1, 0.15) is 0 Å². The maximum absolute atomic E-state index is 6.07. The van der Waals surface area contributed by atoms with Crippen LogP contribution in [0.2, 0.25) is 0 Å². The fraction of sp³-hybridized carbons (Fsp3) is 0. The van der Waals surface area contributed by atoms with Crippen molar-refractivity contribution in [3.05, 3.63) is 182 Å². The maximum atomic E-state index is 6.07. The molecule has 3 nitrogen and oxygen atoms in total. The summed E-state index contributed by atoms with van der Waals surface area (Å²) < 4.78 is 6.07. The SMILES string of the molecule is [Ir].[c-]1ccc(-c2ccc3oc(-c4ccccc4)cc3c2)cc1-c1ccc(-c2ccccc2)cn1.[c-]1ccccc1-c1ccccn1. The first kappa shape index (κ1) is 30.6. The first-order valence-corrected chi connectivity index (χ1v) is 14.8. The average molecular weight is 769 g/mol. The number of aromatic nitrogens is 2. The Morgan fingerprint density at radius 1 is 0.457 bits per heavy atom. The van der Waals surface area contributed by atoms with E-state index >= 15 is 0 Å². The largest absolute Gasteiger partial charge is 0.456 e. The van der Waals surface area contributed by atoms with E-state index in [2.05, 4.69) is 83.8 Å². The molecule has 8 aromatic rings. The molecule has 0 aliphatic carbocycles. The quantitative estimate of drug-likeness (QED) is 0.164. The Labute approximate surface area is 282 Å². The fourth-order valence-electron chi connectivity index (χ4n) is 5.19. The Balaban J connectivity index is 0.000000241. The predicted octanol–water partition coefficient (Wildman–Crippen LogP) is 10.8. The second kappa shape index (κ2) is 14.6. The van der Waals surface area contributed by atoms with Crippen LogP contribution in [0.4, 0.5) is 0 Å².